The fourth-order valence-electron chi connectivity index (χ4n) is 4.80. The van der Waals surface area contributed by atoms with Crippen molar-refractivity contribution in [2.45, 2.75) is 19.9 Å². The first-order chi connectivity index (χ1) is 16.1. The summed E-state index contributed by atoms with van der Waals surface area (Å²) in [5.41, 5.74) is 4.11. The molecule has 0 spiro atoms. The summed E-state index contributed by atoms with van der Waals surface area (Å²) in [5, 5.41) is 10.8. The van der Waals surface area contributed by atoms with Gasteiger partial charge in [-0.1, -0.05) is 30.3 Å². The minimum Gasteiger partial charge on any atom is -0.494 e. The Labute approximate surface area is 193 Å². The zero-order valence-corrected chi connectivity index (χ0v) is 18.6. The van der Waals surface area contributed by atoms with Gasteiger partial charge in [0, 0.05) is 42.5 Å². The molecule has 1 fully saturated rings. The van der Waals surface area contributed by atoms with Crippen LogP contribution in [0.4, 0.5) is 5.69 Å². The second-order valence-electron chi connectivity index (χ2n) is 8.43. The predicted molar refractivity (Wildman–Crippen MR) is 130 cm³/mol. The number of aromatic carboxylic acids is 1. The summed E-state index contributed by atoms with van der Waals surface area (Å²) in [5.74, 6) is 0.230. The van der Waals surface area contributed by atoms with E-state index in [1.54, 1.807) is 12.3 Å². The minimum atomic E-state index is -0.918. The van der Waals surface area contributed by atoms with E-state index in [0.717, 1.165) is 47.4 Å². The quantitative estimate of drug-likeness (QED) is 0.420. The molecule has 1 atom stereocenters. The molecule has 0 saturated carbocycles. The van der Waals surface area contributed by atoms with Crippen molar-refractivity contribution in [2.75, 3.05) is 24.6 Å². The first-order valence-electron chi connectivity index (χ1n) is 11.4. The van der Waals surface area contributed by atoms with Gasteiger partial charge in [-0.2, -0.15) is 0 Å². The molecule has 1 aliphatic rings. The number of nitrogens with zero attached hydrogens (tertiary/aromatic N) is 3. The standard InChI is InChI=1S/C27H27N3O3/c1-2-33-22-10-6-7-20(15-22)26-23-16-25(27(31)32)30(24(23)11-13-28-26)18-19-12-14-29(17-19)21-8-4-3-5-9-21/h3-11,13,15-16,19H,2,12,14,17-18H2,1H3,(H,31,32). The molecule has 1 unspecified atom stereocenters. The summed E-state index contributed by atoms with van der Waals surface area (Å²) < 4.78 is 7.60. The number of pyridine rings is 1. The number of carbonyl (C=O) groups is 1. The molecular formula is C27H27N3O3. The van der Waals surface area contributed by atoms with Crippen molar-refractivity contribution in [1.29, 1.82) is 0 Å². The van der Waals surface area contributed by atoms with Gasteiger partial charge in [0.15, 0.2) is 0 Å². The van der Waals surface area contributed by atoms with Crippen LogP contribution in [0.5, 0.6) is 5.75 Å². The maximum atomic E-state index is 12.2. The molecule has 0 radical (unpaired) electrons. The molecule has 2 aromatic heterocycles. The molecule has 0 bridgehead atoms. The molecule has 6 heteroatoms. The highest BCUT2D eigenvalue weighted by molar-refractivity contribution is 6.00. The number of anilines is 1. The molecule has 1 aliphatic heterocycles. The molecule has 5 rings (SSSR count). The van der Waals surface area contributed by atoms with Crippen LogP contribution in [0, 0.1) is 5.92 Å². The molecule has 168 valence electrons. The fourth-order valence-corrected chi connectivity index (χ4v) is 4.80. The Hall–Kier alpha value is -3.80. The lowest BCUT2D eigenvalue weighted by Gasteiger charge is -2.19. The Morgan fingerprint density at radius 3 is 2.76 bits per heavy atom. The van der Waals surface area contributed by atoms with Crippen molar-refractivity contribution in [3.05, 3.63) is 78.6 Å². The van der Waals surface area contributed by atoms with Crippen LogP contribution in [0.2, 0.25) is 0 Å². The summed E-state index contributed by atoms with van der Waals surface area (Å²) in [6.07, 6.45) is 2.79. The largest absolute Gasteiger partial charge is 0.494 e. The summed E-state index contributed by atoms with van der Waals surface area (Å²) >= 11 is 0. The fraction of sp³-hybridized carbons (Fsp3) is 0.259. The lowest BCUT2D eigenvalue weighted by Crippen LogP contribution is -2.22. The molecule has 2 aromatic carbocycles. The zero-order chi connectivity index (χ0) is 22.8. The number of para-hydroxylation sites is 1. The number of ether oxygens (including phenoxy) is 1. The molecule has 33 heavy (non-hydrogen) atoms. The molecule has 0 amide bonds. The SMILES string of the molecule is CCOc1cccc(-c2nccc3c2cc(C(=O)O)n3CC2CCN(c3ccccc3)C2)c1. The Morgan fingerprint density at radius 2 is 1.97 bits per heavy atom. The monoisotopic (exact) mass is 441 g/mol. The van der Waals surface area contributed by atoms with Gasteiger partial charge in [-0.05, 0) is 55.7 Å². The van der Waals surface area contributed by atoms with Gasteiger partial charge < -0.3 is 19.3 Å². The summed E-state index contributed by atoms with van der Waals surface area (Å²) in [7, 11) is 0. The summed E-state index contributed by atoms with van der Waals surface area (Å²) in [6.45, 7) is 5.09. The predicted octanol–water partition coefficient (Wildman–Crippen LogP) is 5.33. The van der Waals surface area contributed by atoms with E-state index in [9.17, 15) is 9.90 Å². The minimum absolute atomic E-state index is 0.304. The van der Waals surface area contributed by atoms with E-state index in [1.807, 2.05) is 47.9 Å². The summed E-state index contributed by atoms with van der Waals surface area (Å²) in [6, 6.07) is 21.9. The Bertz CT molecular complexity index is 1280. The van der Waals surface area contributed by atoms with Crippen LogP contribution in [-0.2, 0) is 6.54 Å². The zero-order valence-electron chi connectivity index (χ0n) is 18.6. The van der Waals surface area contributed by atoms with Gasteiger partial charge in [0.05, 0.1) is 17.8 Å². The lowest BCUT2D eigenvalue weighted by molar-refractivity contribution is 0.0684. The number of hydrogen-bond donors (Lipinski definition) is 1. The van der Waals surface area contributed by atoms with Gasteiger partial charge in [0.2, 0.25) is 0 Å². The molecule has 1 saturated heterocycles. The van der Waals surface area contributed by atoms with Crippen LogP contribution in [0.3, 0.4) is 0 Å². The normalized spacial score (nSPS) is 15.8. The van der Waals surface area contributed by atoms with Gasteiger partial charge >= 0.3 is 5.97 Å². The van der Waals surface area contributed by atoms with E-state index < -0.39 is 5.97 Å². The van der Waals surface area contributed by atoms with Crippen LogP contribution >= 0.6 is 0 Å². The molecule has 6 nitrogen and oxygen atoms in total. The van der Waals surface area contributed by atoms with E-state index in [4.69, 9.17) is 4.74 Å². The van der Waals surface area contributed by atoms with Gasteiger partial charge in [-0.15, -0.1) is 0 Å². The molecular weight excluding hydrogens is 414 g/mol. The van der Waals surface area contributed by atoms with E-state index in [1.165, 1.54) is 5.69 Å². The number of carboxylic acids is 1. The highest BCUT2D eigenvalue weighted by atomic mass is 16.5. The maximum absolute atomic E-state index is 12.2. The number of fused-ring (bicyclic) bond motifs is 1. The van der Waals surface area contributed by atoms with Gasteiger partial charge in [-0.3, -0.25) is 4.98 Å². The van der Waals surface area contributed by atoms with Crippen molar-refractivity contribution in [3.8, 4) is 17.0 Å². The number of benzene rings is 2. The molecule has 0 aliphatic carbocycles. The van der Waals surface area contributed by atoms with Crippen LogP contribution in [0.25, 0.3) is 22.2 Å². The van der Waals surface area contributed by atoms with E-state index in [2.05, 4.69) is 34.1 Å². The van der Waals surface area contributed by atoms with Crippen LogP contribution in [0.15, 0.2) is 72.9 Å². The van der Waals surface area contributed by atoms with Gasteiger partial charge in [-0.25, -0.2) is 4.79 Å². The van der Waals surface area contributed by atoms with Crippen LogP contribution in [-0.4, -0.2) is 40.3 Å². The number of aromatic nitrogens is 2. The number of rotatable bonds is 7. The Kier molecular flexibility index (Phi) is 5.73. The molecule has 4 aromatic rings. The lowest BCUT2D eigenvalue weighted by atomic mass is 10.1. The smallest absolute Gasteiger partial charge is 0.352 e. The van der Waals surface area contributed by atoms with E-state index in [0.29, 0.717) is 24.8 Å². The summed E-state index contributed by atoms with van der Waals surface area (Å²) in [4.78, 5) is 19.2. The molecule has 1 N–H and O–H groups in total. The van der Waals surface area contributed by atoms with Crippen molar-refractivity contribution in [1.82, 2.24) is 9.55 Å². The van der Waals surface area contributed by atoms with Crippen molar-refractivity contribution in [2.24, 2.45) is 5.92 Å². The van der Waals surface area contributed by atoms with Gasteiger partial charge in [0.25, 0.3) is 0 Å². The second kappa shape index (κ2) is 8.98. The van der Waals surface area contributed by atoms with Crippen LogP contribution in [0.1, 0.15) is 23.8 Å². The van der Waals surface area contributed by atoms with Crippen molar-refractivity contribution < 1.29 is 14.6 Å². The number of hydrogen-bond acceptors (Lipinski definition) is 4. The van der Waals surface area contributed by atoms with E-state index in [-0.39, 0.29) is 0 Å². The van der Waals surface area contributed by atoms with E-state index >= 15 is 0 Å². The average Bonchev–Trinajstić information content (AvgIpc) is 3.45. The highest BCUT2D eigenvalue weighted by Gasteiger charge is 2.26. The van der Waals surface area contributed by atoms with Crippen molar-refractivity contribution in [3.63, 3.8) is 0 Å². The second-order valence-corrected chi connectivity index (χ2v) is 8.43. The average molecular weight is 442 g/mol. The first kappa shape index (κ1) is 21.1. The van der Waals surface area contributed by atoms with Crippen molar-refractivity contribution >= 4 is 22.6 Å². The third kappa shape index (κ3) is 4.16. The molecule has 3 heterocycles. The third-order valence-corrected chi connectivity index (χ3v) is 6.32. The van der Waals surface area contributed by atoms with Crippen LogP contribution < -0.4 is 9.64 Å². The number of carboxylic acid groups (broad SMARTS) is 1. The Balaban J connectivity index is 1.49. The highest BCUT2D eigenvalue weighted by Crippen LogP contribution is 2.33. The Morgan fingerprint density at radius 1 is 1.12 bits per heavy atom. The first-order valence-corrected chi connectivity index (χ1v) is 11.4. The maximum Gasteiger partial charge on any atom is 0.352 e. The van der Waals surface area contributed by atoms with Gasteiger partial charge in [0.1, 0.15) is 11.4 Å². The third-order valence-electron chi connectivity index (χ3n) is 6.32. The topological polar surface area (TPSA) is 67.6 Å².